The van der Waals surface area contributed by atoms with E-state index in [9.17, 15) is 23.2 Å². The molecule has 0 radical (unpaired) electrons. The molecule has 152 valence electrons. The molecule has 1 heterocycles. The fourth-order valence-electron chi connectivity index (χ4n) is 2.75. The van der Waals surface area contributed by atoms with Gasteiger partial charge in [0, 0.05) is 28.3 Å². The maximum atomic E-state index is 12.9. The molecule has 0 spiro atoms. The average molecular weight is 430 g/mol. The Bertz CT molecular complexity index is 1170. The molecule has 0 saturated carbocycles. The van der Waals surface area contributed by atoms with Crippen molar-refractivity contribution in [3.63, 3.8) is 0 Å². The molecule has 4 nitrogen and oxygen atoms in total. The van der Waals surface area contributed by atoms with Crippen LogP contribution in [0, 0.1) is 18.3 Å². The molecule has 0 aliphatic heterocycles. The number of anilines is 1. The minimum atomic E-state index is -4.54. The molecular formula is C22H15ClF3N3O. The number of nitrogens with zero attached hydrogens (tertiary/aromatic N) is 2. The van der Waals surface area contributed by atoms with Crippen LogP contribution in [0.5, 0.6) is 0 Å². The van der Waals surface area contributed by atoms with Crippen LogP contribution in [-0.4, -0.2) is 10.5 Å². The van der Waals surface area contributed by atoms with E-state index in [0.717, 1.165) is 23.4 Å². The van der Waals surface area contributed by atoms with Gasteiger partial charge in [-0.05, 0) is 61.0 Å². The number of hydrogen-bond donors (Lipinski definition) is 1. The number of aryl methyl sites for hydroxylation is 1. The first-order valence-corrected chi connectivity index (χ1v) is 9.11. The first-order valence-electron chi connectivity index (χ1n) is 8.73. The third-order valence-corrected chi connectivity index (χ3v) is 4.73. The summed E-state index contributed by atoms with van der Waals surface area (Å²) in [6.45, 7) is 1.87. The maximum absolute atomic E-state index is 12.9. The van der Waals surface area contributed by atoms with E-state index in [4.69, 9.17) is 11.6 Å². The van der Waals surface area contributed by atoms with Gasteiger partial charge in [-0.15, -0.1) is 0 Å². The van der Waals surface area contributed by atoms with Crippen molar-refractivity contribution in [1.29, 1.82) is 5.26 Å². The summed E-state index contributed by atoms with van der Waals surface area (Å²) < 4.78 is 40.3. The second kappa shape index (κ2) is 8.47. The predicted molar refractivity (Wildman–Crippen MR) is 109 cm³/mol. The van der Waals surface area contributed by atoms with Crippen LogP contribution in [0.3, 0.4) is 0 Å². The number of rotatable bonds is 4. The van der Waals surface area contributed by atoms with Gasteiger partial charge in [-0.1, -0.05) is 23.7 Å². The van der Waals surface area contributed by atoms with Crippen LogP contribution >= 0.6 is 11.6 Å². The largest absolute Gasteiger partial charge is 0.416 e. The first kappa shape index (κ1) is 21.2. The molecular weight excluding hydrogens is 415 g/mol. The van der Waals surface area contributed by atoms with Gasteiger partial charge in [-0.25, -0.2) is 0 Å². The molecule has 0 unspecified atom stereocenters. The van der Waals surface area contributed by atoms with E-state index >= 15 is 0 Å². The molecule has 1 N–H and O–H groups in total. The van der Waals surface area contributed by atoms with E-state index in [1.165, 1.54) is 18.2 Å². The highest BCUT2D eigenvalue weighted by Crippen LogP contribution is 2.30. The summed E-state index contributed by atoms with van der Waals surface area (Å²) >= 11 is 6.18. The summed E-state index contributed by atoms with van der Waals surface area (Å²) in [7, 11) is 0. The third-order valence-electron chi connectivity index (χ3n) is 4.32. The molecule has 1 amide bonds. The van der Waals surface area contributed by atoms with Gasteiger partial charge in [0.2, 0.25) is 0 Å². The van der Waals surface area contributed by atoms with Gasteiger partial charge in [-0.3, -0.25) is 4.79 Å². The van der Waals surface area contributed by atoms with Gasteiger partial charge in [0.05, 0.1) is 5.56 Å². The highest BCUT2D eigenvalue weighted by molar-refractivity contribution is 6.31. The van der Waals surface area contributed by atoms with Crippen LogP contribution in [0.25, 0.3) is 11.8 Å². The normalized spacial score (nSPS) is 11.8. The molecule has 30 heavy (non-hydrogen) atoms. The van der Waals surface area contributed by atoms with E-state index in [1.807, 2.05) is 19.1 Å². The molecule has 0 saturated heterocycles. The van der Waals surface area contributed by atoms with Gasteiger partial charge in [0.1, 0.15) is 11.6 Å². The summed E-state index contributed by atoms with van der Waals surface area (Å²) in [5.41, 5.74) is 0.959. The number of benzene rings is 2. The zero-order chi connectivity index (χ0) is 21.9. The minimum absolute atomic E-state index is 0.0586. The second-order valence-electron chi connectivity index (χ2n) is 6.44. The van der Waals surface area contributed by atoms with Crippen molar-refractivity contribution in [2.45, 2.75) is 13.1 Å². The molecule has 3 rings (SSSR count). The number of hydrogen-bond acceptors (Lipinski definition) is 2. The number of nitriles is 1. The molecule has 0 aliphatic carbocycles. The summed E-state index contributed by atoms with van der Waals surface area (Å²) in [6.07, 6.45) is -1.44. The fraction of sp³-hybridized carbons (Fsp3) is 0.0909. The van der Waals surface area contributed by atoms with Crippen LogP contribution < -0.4 is 5.32 Å². The topological polar surface area (TPSA) is 57.8 Å². The Labute approximate surface area is 175 Å². The van der Waals surface area contributed by atoms with Crippen LogP contribution in [0.15, 0.2) is 66.4 Å². The fourth-order valence-corrected chi connectivity index (χ4v) is 2.92. The zero-order valence-corrected chi connectivity index (χ0v) is 16.4. The molecule has 0 atom stereocenters. The maximum Gasteiger partial charge on any atom is 0.416 e. The van der Waals surface area contributed by atoms with E-state index < -0.39 is 17.6 Å². The number of nitrogens with one attached hydrogen (secondary N) is 1. The van der Waals surface area contributed by atoms with Crippen molar-refractivity contribution in [1.82, 2.24) is 4.57 Å². The molecule has 3 aromatic rings. The summed E-state index contributed by atoms with van der Waals surface area (Å²) in [4.78, 5) is 12.5. The number of alkyl halides is 3. The third kappa shape index (κ3) is 4.73. The van der Waals surface area contributed by atoms with E-state index in [0.29, 0.717) is 10.7 Å². The van der Waals surface area contributed by atoms with Gasteiger partial charge in [0.25, 0.3) is 5.91 Å². The smallest absolute Gasteiger partial charge is 0.321 e. The molecule has 0 fully saturated rings. The van der Waals surface area contributed by atoms with Crippen molar-refractivity contribution in [3.05, 3.63) is 88.2 Å². The predicted octanol–water partition coefficient (Wildman–Crippen LogP) is 6.00. The monoisotopic (exact) mass is 429 g/mol. The van der Waals surface area contributed by atoms with Crippen molar-refractivity contribution < 1.29 is 18.0 Å². The van der Waals surface area contributed by atoms with E-state index in [1.54, 1.807) is 35.0 Å². The molecule has 0 aliphatic rings. The highest BCUT2D eigenvalue weighted by Gasteiger charge is 2.30. The Morgan fingerprint density at radius 1 is 1.17 bits per heavy atom. The number of halogens is 4. The zero-order valence-electron chi connectivity index (χ0n) is 15.7. The lowest BCUT2D eigenvalue weighted by molar-refractivity contribution is -0.137. The Hall–Kier alpha value is -3.50. The average Bonchev–Trinajstić information content (AvgIpc) is 3.16. The van der Waals surface area contributed by atoms with Gasteiger partial charge in [0.15, 0.2) is 0 Å². The Balaban J connectivity index is 1.89. The summed E-state index contributed by atoms with van der Waals surface area (Å²) in [5, 5.41) is 12.3. The van der Waals surface area contributed by atoms with Crippen LogP contribution in [0.1, 0.15) is 16.8 Å². The van der Waals surface area contributed by atoms with Crippen LogP contribution in [0.2, 0.25) is 5.02 Å². The standard InChI is InChI=1S/C22H15ClF3N3O/c1-14-7-8-19(12-20(14)23)29-9-3-6-18(29)10-15(13-27)21(30)28-17-5-2-4-16(11-17)22(24,25)26/h2-12H,1H3,(H,28,30)/b15-10-. The molecule has 1 aromatic heterocycles. The minimum Gasteiger partial charge on any atom is -0.321 e. The number of carbonyl (C=O) groups is 1. The number of carbonyl (C=O) groups excluding carboxylic acids is 1. The summed E-state index contributed by atoms with van der Waals surface area (Å²) in [5.74, 6) is -0.813. The van der Waals surface area contributed by atoms with Crippen LogP contribution in [0.4, 0.5) is 18.9 Å². The van der Waals surface area contributed by atoms with Crippen LogP contribution in [-0.2, 0) is 11.0 Å². The lowest BCUT2D eigenvalue weighted by Gasteiger charge is -2.10. The SMILES string of the molecule is Cc1ccc(-n2cccc2/C=C(/C#N)C(=O)Nc2cccc(C(F)(F)F)c2)cc1Cl. The summed E-state index contributed by atoms with van der Waals surface area (Å²) in [6, 6.07) is 14.9. The van der Waals surface area contributed by atoms with Crippen molar-refractivity contribution in [2.75, 3.05) is 5.32 Å². The Kier molecular flexibility index (Phi) is 5.99. The van der Waals surface area contributed by atoms with Gasteiger partial charge >= 0.3 is 6.18 Å². The van der Waals surface area contributed by atoms with Gasteiger partial charge < -0.3 is 9.88 Å². The lowest BCUT2D eigenvalue weighted by atomic mass is 10.1. The lowest BCUT2D eigenvalue weighted by Crippen LogP contribution is -2.14. The molecule has 0 bridgehead atoms. The van der Waals surface area contributed by atoms with Crippen molar-refractivity contribution in [3.8, 4) is 11.8 Å². The van der Waals surface area contributed by atoms with E-state index in [-0.39, 0.29) is 11.3 Å². The van der Waals surface area contributed by atoms with Crippen molar-refractivity contribution in [2.24, 2.45) is 0 Å². The van der Waals surface area contributed by atoms with Crippen molar-refractivity contribution >= 4 is 29.3 Å². The quantitative estimate of drug-likeness (QED) is 0.408. The first-order chi connectivity index (χ1) is 14.2. The van der Waals surface area contributed by atoms with E-state index in [2.05, 4.69) is 5.32 Å². The second-order valence-corrected chi connectivity index (χ2v) is 6.85. The molecule has 2 aromatic carbocycles. The Morgan fingerprint density at radius 2 is 1.93 bits per heavy atom. The number of aromatic nitrogens is 1. The van der Waals surface area contributed by atoms with Gasteiger partial charge in [-0.2, -0.15) is 18.4 Å². The Morgan fingerprint density at radius 3 is 2.60 bits per heavy atom. The highest BCUT2D eigenvalue weighted by atomic mass is 35.5. The number of amides is 1. The molecule has 8 heteroatoms.